The molecule has 0 aliphatic rings. The van der Waals surface area contributed by atoms with Gasteiger partial charge in [0.15, 0.2) is 0 Å². The molecule has 0 saturated carbocycles. The molecule has 1 atom stereocenters. The third kappa shape index (κ3) is 2.84. The molecule has 20 heavy (non-hydrogen) atoms. The summed E-state index contributed by atoms with van der Waals surface area (Å²) in [4.78, 5) is 0. The lowest BCUT2D eigenvalue weighted by atomic mass is 9.92. The van der Waals surface area contributed by atoms with Crippen molar-refractivity contribution >= 4 is 0 Å². The number of rotatable bonds is 5. The fraction of sp³-hybridized carbons (Fsp3) is 0.400. The van der Waals surface area contributed by atoms with Gasteiger partial charge in [-0.05, 0) is 38.5 Å². The zero-order valence-corrected chi connectivity index (χ0v) is 12.0. The lowest BCUT2D eigenvalue weighted by Gasteiger charge is -2.29. The van der Waals surface area contributed by atoms with E-state index in [1.807, 2.05) is 26.8 Å². The molecule has 1 heterocycles. The van der Waals surface area contributed by atoms with Gasteiger partial charge < -0.3 is 20.1 Å². The van der Waals surface area contributed by atoms with Crippen LogP contribution in [0.1, 0.15) is 29.5 Å². The quantitative estimate of drug-likeness (QED) is 0.778. The molecule has 1 aromatic heterocycles. The van der Waals surface area contributed by atoms with Crippen molar-refractivity contribution in [2.45, 2.75) is 32.9 Å². The first-order chi connectivity index (χ1) is 9.46. The van der Waals surface area contributed by atoms with Crippen molar-refractivity contribution in [1.82, 2.24) is 10.5 Å². The molecule has 0 amide bonds. The van der Waals surface area contributed by atoms with Crippen LogP contribution in [0.4, 0.5) is 0 Å². The summed E-state index contributed by atoms with van der Waals surface area (Å²) in [5, 5.41) is 26.5. The summed E-state index contributed by atoms with van der Waals surface area (Å²) in [6.45, 7) is 6.09. The minimum absolute atomic E-state index is 0.0835. The van der Waals surface area contributed by atoms with Crippen molar-refractivity contribution in [1.29, 1.82) is 0 Å². The molecule has 0 unspecified atom stereocenters. The number of nitrogens with zero attached hydrogens (tertiary/aromatic N) is 1. The molecule has 0 aliphatic carbocycles. The van der Waals surface area contributed by atoms with Crippen LogP contribution in [0, 0.1) is 13.8 Å². The van der Waals surface area contributed by atoms with Crippen molar-refractivity contribution < 1.29 is 14.7 Å². The van der Waals surface area contributed by atoms with E-state index in [9.17, 15) is 10.2 Å². The smallest absolute Gasteiger partial charge is 0.138 e. The van der Waals surface area contributed by atoms with E-state index in [1.54, 1.807) is 18.2 Å². The number of hydrogen-bond acceptors (Lipinski definition) is 5. The standard InChI is InChI=1S/C15H20N2O3/c1-10-14(11(2)20-17-10)8-16-15(3,9-18)12-5-4-6-13(19)7-12/h4-7,16,18-19H,8-9H2,1-3H3/t15-/m0/s1. The maximum atomic E-state index is 9.71. The van der Waals surface area contributed by atoms with Gasteiger partial charge in [-0.2, -0.15) is 0 Å². The van der Waals surface area contributed by atoms with Crippen LogP contribution in [-0.4, -0.2) is 22.0 Å². The number of nitrogens with one attached hydrogen (secondary N) is 1. The molecular formula is C15H20N2O3. The van der Waals surface area contributed by atoms with E-state index in [0.717, 1.165) is 22.6 Å². The number of aliphatic hydroxyl groups is 1. The average Bonchev–Trinajstić information content (AvgIpc) is 2.75. The van der Waals surface area contributed by atoms with Crippen LogP contribution < -0.4 is 5.32 Å². The summed E-state index contributed by atoms with van der Waals surface area (Å²) in [5.74, 6) is 0.951. The van der Waals surface area contributed by atoms with Gasteiger partial charge in [0.05, 0.1) is 17.8 Å². The number of benzene rings is 1. The Morgan fingerprint density at radius 2 is 2.10 bits per heavy atom. The maximum absolute atomic E-state index is 9.71. The average molecular weight is 276 g/mol. The van der Waals surface area contributed by atoms with E-state index in [2.05, 4.69) is 10.5 Å². The van der Waals surface area contributed by atoms with Gasteiger partial charge in [0.1, 0.15) is 11.5 Å². The van der Waals surface area contributed by atoms with Crippen LogP contribution in [0.5, 0.6) is 5.75 Å². The summed E-state index contributed by atoms with van der Waals surface area (Å²) in [7, 11) is 0. The number of aromatic hydroxyl groups is 1. The molecule has 1 aromatic carbocycles. The summed E-state index contributed by atoms with van der Waals surface area (Å²) >= 11 is 0. The highest BCUT2D eigenvalue weighted by Gasteiger charge is 2.26. The molecule has 0 spiro atoms. The summed E-state index contributed by atoms with van der Waals surface area (Å²) in [5.41, 5.74) is 2.01. The number of aliphatic hydroxyl groups excluding tert-OH is 1. The largest absolute Gasteiger partial charge is 0.508 e. The number of hydrogen-bond donors (Lipinski definition) is 3. The molecule has 0 aliphatic heterocycles. The Labute approximate surface area is 118 Å². The Hall–Kier alpha value is -1.85. The third-order valence-electron chi connectivity index (χ3n) is 3.64. The predicted octanol–water partition coefficient (Wildman–Crippen LogP) is 1.99. The molecule has 5 heteroatoms. The van der Waals surface area contributed by atoms with Gasteiger partial charge in [0.25, 0.3) is 0 Å². The van der Waals surface area contributed by atoms with Crippen LogP contribution >= 0.6 is 0 Å². The van der Waals surface area contributed by atoms with Gasteiger partial charge in [0, 0.05) is 12.1 Å². The molecule has 2 rings (SSSR count). The maximum Gasteiger partial charge on any atom is 0.138 e. The van der Waals surface area contributed by atoms with Crippen molar-refractivity contribution in [3.05, 3.63) is 46.8 Å². The fourth-order valence-electron chi connectivity index (χ4n) is 2.14. The lowest BCUT2D eigenvalue weighted by Crippen LogP contribution is -2.42. The van der Waals surface area contributed by atoms with Gasteiger partial charge in [0.2, 0.25) is 0 Å². The minimum atomic E-state index is -0.644. The third-order valence-corrected chi connectivity index (χ3v) is 3.64. The minimum Gasteiger partial charge on any atom is -0.508 e. The van der Waals surface area contributed by atoms with Crippen molar-refractivity contribution in [3.63, 3.8) is 0 Å². The summed E-state index contributed by atoms with van der Waals surface area (Å²) < 4.78 is 5.13. The van der Waals surface area contributed by atoms with Crippen molar-refractivity contribution in [2.24, 2.45) is 0 Å². The highest BCUT2D eigenvalue weighted by atomic mass is 16.5. The first kappa shape index (κ1) is 14.6. The van der Waals surface area contributed by atoms with E-state index < -0.39 is 5.54 Å². The highest BCUT2D eigenvalue weighted by molar-refractivity contribution is 5.32. The van der Waals surface area contributed by atoms with Crippen molar-refractivity contribution in [2.75, 3.05) is 6.61 Å². The fourth-order valence-corrected chi connectivity index (χ4v) is 2.14. The van der Waals surface area contributed by atoms with Gasteiger partial charge in [-0.3, -0.25) is 0 Å². The molecule has 2 aromatic rings. The molecular weight excluding hydrogens is 256 g/mol. The van der Waals surface area contributed by atoms with E-state index >= 15 is 0 Å². The van der Waals surface area contributed by atoms with Gasteiger partial charge in [-0.15, -0.1) is 0 Å². The Morgan fingerprint density at radius 1 is 1.35 bits per heavy atom. The van der Waals surface area contributed by atoms with Crippen LogP contribution in [0.3, 0.4) is 0 Å². The lowest BCUT2D eigenvalue weighted by molar-refractivity contribution is 0.173. The van der Waals surface area contributed by atoms with Gasteiger partial charge in [-0.1, -0.05) is 17.3 Å². The molecule has 0 radical (unpaired) electrons. The van der Waals surface area contributed by atoms with Gasteiger partial charge >= 0.3 is 0 Å². The Morgan fingerprint density at radius 3 is 2.65 bits per heavy atom. The highest BCUT2D eigenvalue weighted by Crippen LogP contribution is 2.25. The van der Waals surface area contributed by atoms with E-state index in [-0.39, 0.29) is 12.4 Å². The molecule has 5 nitrogen and oxygen atoms in total. The van der Waals surface area contributed by atoms with E-state index in [0.29, 0.717) is 6.54 Å². The summed E-state index contributed by atoms with van der Waals surface area (Å²) in [6, 6.07) is 6.89. The van der Waals surface area contributed by atoms with Crippen molar-refractivity contribution in [3.8, 4) is 5.75 Å². The SMILES string of the molecule is Cc1noc(C)c1CN[C@@](C)(CO)c1cccc(O)c1. The Kier molecular flexibility index (Phi) is 4.11. The second-order valence-electron chi connectivity index (χ2n) is 5.20. The van der Waals surface area contributed by atoms with Crippen LogP contribution in [0.2, 0.25) is 0 Å². The number of aromatic nitrogens is 1. The zero-order chi connectivity index (χ0) is 14.8. The van der Waals surface area contributed by atoms with Crippen LogP contribution in [0.25, 0.3) is 0 Å². The Balaban J connectivity index is 2.20. The predicted molar refractivity (Wildman–Crippen MR) is 75.4 cm³/mol. The van der Waals surface area contributed by atoms with E-state index in [1.165, 1.54) is 0 Å². The monoisotopic (exact) mass is 276 g/mol. The number of aryl methyl sites for hydroxylation is 2. The van der Waals surface area contributed by atoms with Crippen LogP contribution in [0.15, 0.2) is 28.8 Å². The molecule has 108 valence electrons. The molecule has 0 bridgehead atoms. The first-order valence-electron chi connectivity index (χ1n) is 6.53. The van der Waals surface area contributed by atoms with Gasteiger partial charge in [-0.25, -0.2) is 0 Å². The first-order valence-corrected chi connectivity index (χ1v) is 6.53. The number of phenols is 1. The summed E-state index contributed by atoms with van der Waals surface area (Å²) in [6.07, 6.45) is 0. The second-order valence-corrected chi connectivity index (χ2v) is 5.20. The number of phenolic OH excluding ortho intramolecular Hbond substituents is 1. The zero-order valence-electron chi connectivity index (χ0n) is 12.0. The molecule has 0 fully saturated rings. The topological polar surface area (TPSA) is 78.5 Å². The second kappa shape index (κ2) is 5.64. The van der Waals surface area contributed by atoms with E-state index in [4.69, 9.17) is 4.52 Å². The molecule has 0 saturated heterocycles. The van der Waals surface area contributed by atoms with Crippen LogP contribution in [-0.2, 0) is 12.1 Å². The normalized spacial score (nSPS) is 14.2. The molecule has 3 N–H and O–H groups in total. The Bertz CT molecular complexity index is 575.